The molecule has 10 heavy (non-hydrogen) atoms. The molecule has 0 aliphatic carbocycles. The Kier molecular flexibility index (Phi) is 1.91. The Labute approximate surface area is 61.5 Å². The molecule has 0 amide bonds. The summed E-state index contributed by atoms with van der Waals surface area (Å²) in [7, 11) is 0. The predicted molar refractivity (Wildman–Crippen MR) is 37.3 cm³/mol. The highest BCUT2D eigenvalue weighted by Crippen LogP contribution is 2.19. The molecule has 2 nitrogen and oxygen atoms in total. The summed E-state index contributed by atoms with van der Waals surface area (Å²) < 4.78 is 10.1. The highest BCUT2D eigenvalue weighted by molar-refractivity contribution is 4.91. The molecule has 2 heteroatoms. The van der Waals surface area contributed by atoms with Gasteiger partial charge in [-0.15, -0.1) is 0 Å². The van der Waals surface area contributed by atoms with Gasteiger partial charge in [0, 0.05) is 0 Å². The molecule has 0 aromatic carbocycles. The highest BCUT2D eigenvalue weighted by Gasteiger charge is 2.24. The zero-order valence-electron chi connectivity index (χ0n) is 5.95. The van der Waals surface area contributed by atoms with Crippen molar-refractivity contribution in [3.63, 3.8) is 0 Å². The van der Waals surface area contributed by atoms with E-state index < -0.39 is 0 Å². The summed E-state index contributed by atoms with van der Waals surface area (Å²) in [6.45, 7) is 1.89. The van der Waals surface area contributed by atoms with Crippen LogP contribution in [0.3, 0.4) is 0 Å². The maximum absolute atomic E-state index is 5.03. The highest BCUT2D eigenvalue weighted by atomic mass is 16.6. The van der Waals surface area contributed by atoms with E-state index in [2.05, 4.69) is 12.8 Å². The SMILES string of the molecule is [CH](CC[CH]C1CO1)C1CO1. The van der Waals surface area contributed by atoms with Gasteiger partial charge < -0.3 is 9.47 Å². The number of ether oxygens (including phenoxy) is 2. The molecule has 0 aromatic heterocycles. The Morgan fingerprint density at radius 1 is 1.00 bits per heavy atom. The van der Waals surface area contributed by atoms with E-state index in [0.29, 0.717) is 12.2 Å². The third-order valence-corrected chi connectivity index (χ3v) is 1.74. The quantitative estimate of drug-likeness (QED) is 0.420. The lowest BCUT2D eigenvalue weighted by atomic mass is 10.1. The van der Waals surface area contributed by atoms with E-state index in [1.165, 1.54) is 0 Å². The van der Waals surface area contributed by atoms with Crippen molar-refractivity contribution >= 4 is 0 Å². The lowest BCUT2D eigenvalue weighted by Gasteiger charge is -1.93. The number of hydrogen-bond donors (Lipinski definition) is 0. The predicted octanol–water partition coefficient (Wildman–Crippen LogP) is 0.973. The van der Waals surface area contributed by atoms with Crippen LogP contribution in [0.15, 0.2) is 0 Å². The third kappa shape index (κ3) is 2.27. The first-order valence-corrected chi connectivity index (χ1v) is 3.85. The van der Waals surface area contributed by atoms with Crippen molar-refractivity contribution in [1.82, 2.24) is 0 Å². The standard InChI is InChI=1S/C8H12O2/c1(3-7-5-9-7)2-4-8-6-10-8/h3-4,7-8H,1-2,5-6H2. The molecule has 0 N–H and O–H groups in total. The third-order valence-electron chi connectivity index (χ3n) is 1.74. The van der Waals surface area contributed by atoms with Crippen LogP contribution in [0.5, 0.6) is 0 Å². The molecule has 2 rings (SSSR count). The second-order valence-electron chi connectivity index (χ2n) is 2.79. The van der Waals surface area contributed by atoms with Gasteiger partial charge in [-0.25, -0.2) is 0 Å². The zero-order valence-corrected chi connectivity index (χ0v) is 5.95. The van der Waals surface area contributed by atoms with Crippen LogP contribution in [-0.2, 0) is 9.47 Å². The number of hydrogen-bond acceptors (Lipinski definition) is 2. The van der Waals surface area contributed by atoms with E-state index >= 15 is 0 Å². The molecule has 2 saturated heterocycles. The Bertz CT molecular complexity index is 91.8. The number of rotatable bonds is 5. The smallest absolute Gasteiger partial charge is 0.0841 e. The average molecular weight is 140 g/mol. The number of epoxide rings is 2. The van der Waals surface area contributed by atoms with Crippen LogP contribution >= 0.6 is 0 Å². The molecule has 2 unspecified atom stereocenters. The molecule has 2 radical (unpaired) electrons. The molecule has 0 spiro atoms. The number of unbranched alkanes of at least 4 members (excludes halogenated alkanes) is 1. The first kappa shape index (κ1) is 6.62. The van der Waals surface area contributed by atoms with Crippen LogP contribution < -0.4 is 0 Å². The molecule has 2 aliphatic rings. The average Bonchev–Trinajstić information content (AvgIpc) is 2.77. The minimum atomic E-state index is 0.480. The Morgan fingerprint density at radius 3 is 1.70 bits per heavy atom. The van der Waals surface area contributed by atoms with Crippen molar-refractivity contribution in [3.05, 3.63) is 12.8 Å². The van der Waals surface area contributed by atoms with Gasteiger partial charge in [-0.1, -0.05) is 0 Å². The lowest BCUT2D eigenvalue weighted by Crippen LogP contribution is -1.90. The molecule has 0 bridgehead atoms. The maximum Gasteiger partial charge on any atom is 0.0841 e. The van der Waals surface area contributed by atoms with E-state index in [0.717, 1.165) is 26.1 Å². The van der Waals surface area contributed by atoms with Crippen LogP contribution in [-0.4, -0.2) is 25.4 Å². The molecule has 56 valence electrons. The van der Waals surface area contributed by atoms with E-state index in [1.807, 2.05) is 0 Å². The van der Waals surface area contributed by atoms with Crippen molar-refractivity contribution in [1.29, 1.82) is 0 Å². The fourth-order valence-electron chi connectivity index (χ4n) is 0.948. The fourth-order valence-corrected chi connectivity index (χ4v) is 0.948. The second-order valence-corrected chi connectivity index (χ2v) is 2.79. The van der Waals surface area contributed by atoms with Crippen LogP contribution in [0.1, 0.15) is 12.8 Å². The Balaban J connectivity index is 1.40. The van der Waals surface area contributed by atoms with Gasteiger partial charge in [0.1, 0.15) is 0 Å². The van der Waals surface area contributed by atoms with Gasteiger partial charge in [0.05, 0.1) is 25.4 Å². The van der Waals surface area contributed by atoms with Crippen molar-refractivity contribution in [2.75, 3.05) is 13.2 Å². The Morgan fingerprint density at radius 2 is 1.40 bits per heavy atom. The minimum Gasteiger partial charge on any atom is -0.373 e. The monoisotopic (exact) mass is 140 g/mol. The maximum atomic E-state index is 5.03. The van der Waals surface area contributed by atoms with Crippen LogP contribution in [0.25, 0.3) is 0 Å². The van der Waals surface area contributed by atoms with Crippen LogP contribution in [0.4, 0.5) is 0 Å². The molecule has 2 fully saturated rings. The molecular formula is C8H12O2. The van der Waals surface area contributed by atoms with Gasteiger partial charge >= 0.3 is 0 Å². The van der Waals surface area contributed by atoms with Gasteiger partial charge in [0.2, 0.25) is 0 Å². The first-order chi connectivity index (χ1) is 4.95. The first-order valence-electron chi connectivity index (χ1n) is 3.85. The second kappa shape index (κ2) is 2.89. The van der Waals surface area contributed by atoms with Crippen LogP contribution in [0.2, 0.25) is 0 Å². The van der Waals surface area contributed by atoms with Crippen LogP contribution in [0, 0.1) is 12.8 Å². The van der Waals surface area contributed by atoms with E-state index in [-0.39, 0.29) is 0 Å². The molecular weight excluding hydrogens is 128 g/mol. The molecule has 0 aromatic rings. The fraction of sp³-hybridized carbons (Fsp3) is 0.750. The van der Waals surface area contributed by atoms with Gasteiger partial charge in [-0.05, 0) is 25.7 Å². The molecule has 2 aliphatic heterocycles. The summed E-state index contributed by atoms with van der Waals surface area (Å²) >= 11 is 0. The zero-order chi connectivity index (χ0) is 6.81. The van der Waals surface area contributed by atoms with Gasteiger partial charge in [-0.3, -0.25) is 0 Å². The van der Waals surface area contributed by atoms with E-state index in [4.69, 9.17) is 9.47 Å². The van der Waals surface area contributed by atoms with Gasteiger partial charge in [0.15, 0.2) is 0 Å². The normalized spacial score (nSPS) is 36.0. The van der Waals surface area contributed by atoms with Gasteiger partial charge in [0.25, 0.3) is 0 Å². The van der Waals surface area contributed by atoms with Crippen molar-refractivity contribution in [2.24, 2.45) is 0 Å². The summed E-state index contributed by atoms with van der Waals surface area (Å²) in [5.41, 5.74) is 0. The topological polar surface area (TPSA) is 25.1 Å². The summed E-state index contributed by atoms with van der Waals surface area (Å²) in [5, 5.41) is 0. The van der Waals surface area contributed by atoms with Crippen molar-refractivity contribution in [3.8, 4) is 0 Å². The minimum absolute atomic E-state index is 0.480. The van der Waals surface area contributed by atoms with E-state index in [9.17, 15) is 0 Å². The lowest BCUT2D eigenvalue weighted by molar-refractivity contribution is 0.417. The summed E-state index contributed by atoms with van der Waals surface area (Å²) in [4.78, 5) is 0. The molecule has 2 atom stereocenters. The molecule has 2 heterocycles. The van der Waals surface area contributed by atoms with E-state index in [1.54, 1.807) is 0 Å². The summed E-state index contributed by atoms with van der Waals surface area (Å²) in [6.07, 6.45) is 7.72. The van der Waals surface area contributed by atoms with Crippen molar-refractivity contribution in [2.45, 2.75) is 25.0 Å². The largest absolute Gasteiger partial charge is 0.373 e. The Hall–Kier alpha value is -0.0800. The van der Waals surface area contributed by atoms with Gasteiger partial charge in [-0.2, -0.15) is 0 Å². The summed E-state index contributed by atoms with van der Waals surface area (Å²) in [6, 6.07) is 0. The van der Waals surface area contributed by atoms with Crippen molar-refractivity contribution < 1.29 is 9.47 Å². The molecule has 0 saturated carbocycles. The summed E-state index contributed by atoms with van der Waals surface area (Å²) in [5.74, 6) is 0.